The lowest BCUT2D eigenvalue weighted by Crippen LogP contribution is -2.10. The molecule has 8 heteroatoms. The van der Waals surface area contributed by atoms with Crippen LogP contribution in [0.4, 0.5) is 11.6 Å². The molecule has 3 aromatic rings. The Labute approximate surface area is 124 Å². The number of fused-ring (bicyclic) bond motifs is 1. The molecule has 112 valence electrons. The zero-order valence-corrected chi connectivity index (χ0v) is 11.9. The summed E-state index contributed by atoms with van der Waals surface area (Å²) in [7, 11) is 2.84. The maximum absolute atomic E-state index is 12.0. The van der Waals surface area contributed by atoms with Crippen molar-refractivity contribution in [2.75, 3.05) is 19.5 Å². The van der Waals surface area contributed by atoms with Crippen molar-refractivity contribution in [3.05, 3.63) is 40.8 Å². The molecule has 2 aromatic heterocycles. The van der Waals surface area contributed by atoms with Gasteiger partial charge in [0.25, 0.3) is 0 Å². The number of methoxy groups -OCH3 is 2. The van der Waals surface area contributed by atoms with E-state index in [-0.39, 0.29) is 23.7 Å². The van der Waals surface area contributed by atoms with Crippen LogP contribution >= 0.6 is 0 Å². The molecule has 0 atom stereocenters. The average Bonchev–Trinajstić information content (AvgIpc) is 2.55. The summed E-state index contributed by atoms with van der Waals surface area (Å²) < 4.78 is 15.1. The highest BCUT2D eigenvalue weighted by Gasteiger charge is 2.10. The zero-order chi connectivity index (χ0) is 15.5. The zero-order valence-electron chi connectivity index (χ0n) is 11.9. The second-order valence-electron chi connectivity index (χ2n) is 4.24. The minimum Gasteiger partial charge on any atom is -0.467 e. The van der Waals surface area contributed by atoms with Crippen LogP contribution in [-0.4, -0.2) is 29.2 Å². The summed E-state index contributed by atoms with van der Waals surface area (Å²) in [6.07, 6.45) is 0. The predicted molar refractivity (Wildman–Crippen MR) is 78.7 cm³/mol. The molecule has 0 fully saturated rings. The summed E-state index contributed by atoms with van der Waals surface area (Å²) in [5.74, 6) is 0.117. The van der Waals surface area contributed by atoms with Crippen molar-refractivity contribution in [2.45, 2.75) is 0 Å². The van der Waals surface area contributed by atoms with Crippen LogP contribution in [0.3, 0.4) is 0 Å². The Morgan fingerprint density at radius 2 is 1.73 bits per heavy atom. The van der Waals surface area contributed by atoms with E-state index in [0.29, 0.717) is 5.58 Å². The standard InChI is InChI=1S/C14H12N4O4/c1-20-13-16-12(17-14(18-13)21-2)15-9-7-8-5-3-4-6-10(8)22-11(9)19/h3-7H,1-2H3,(H,15,16,17,18). The number of rotatable bonds is 4. The van der Waals surface area contributed by atoms with Crippen molar-refractivity contribution >= 4 is 22.6 Å². The van der Waals surface area contributed by atoms with E-state index in [1.165, 1.54) is 14.2 Å². The Morgan fingerprint density at radius 1 is 1.05 bits per heavy atom. The van der Waals surface area contributed by atoms with Crippen LogP contribution < -0.4 is 20.4 Å². The first kappa shape index (κ1) is 13.8. The summed E-state index contributed by atoms with van der Waals surface area (Å²) >= 11 is 0. The van der Waals surface area contributed by atoms with E-state index >= 15 is 0 Å². The molecule has 0 saturated carbocycles. The van der Waals surface area contributed by atoms with Gasteiger partial charge in [-0.25, -0.2) is 4.79 Å². The van der Waals surface area contributed by atoms with E-state index in [0.717, 1.165) is 5.39 Å². The van der Waals surface area contributed by atoms with Crippen molar-refractivity contribution < 1.29 is 13.9 Å². The van der Waals surface area contributed by atoms with E-state index in [9.17, 15) is 4.79 Å². The van der Waals surface area contributed by atoms with Crippen molar-refractivity contribution in [1.29, 1.82) is 0 Å². The van der Waals surface area contributed by atoms with Crippen molar-refractivity contribution in [3.63, 3.8) is 0 Å². The molecule has 22 heavy (non-hydrogen) atoms. The van der Waals surface area contributed by atoms with Gasteiger partial charge in [0.1, 0.15) is 11.3 Å². The molecule has 2 heterocycles. The SMILES string of the molecule is COc1nc(Nc2cc3ccccc3oc2=O)nc(OC)n1. The fraction of sp³-hybridized carbons (Fsp3) is 0.143. The van der Waals surface area contributed by atoms with Gasteiger partial charge in [0.15, 0.2) is 0 Å². The van der Waals surface area contributed by atoms with Gasteiger partial charge < -0.3 is 19.2 Å². The van der Waals surface area contributed by atoms with E-state index in [4.69, 9.17) is 13.9 Å². The van der Waals surface area contributed by atoms with Gasteiger partial charge in [-0.2, -0.15) is 9.97 Å². The van der Waals surface area contributed by atoms with Crippen molar-refractivity contribution in [2.24, 2.45) is 0 Å². The largest absolute Gasteiger partial charge is 0.467 e. The quantitative estimate of drug-likeness (QED) is 0.727. The molecule has 0 aliphatic rings. The number of hydrogen-bond acceptors (Lipinski definition) is 8. The molecule has 0 aliphatic heterocycles. The van der Waals surface area contributed by atoms with E-state index in [1.54, 1.807) is 18.2 Å². The molecule has 0 saturated heterocycles. The summed E-state index contributed by atoms with van der Waals surface area (Å²) in [4.78, 5) is 23.9. The van der Waals surface area contributed by atoms with E-state index < -0.39 is 5.63 Å². The lowest BCUT2D eigenvalue weighted by Gasteiger charge is -2.07. The molecule has 0 bridgehead atoms. The van der Waals surface area contributed by atoms with Gasteiger partial charge in [0.05, 0.1) is 14.2 Å². The van der Waals surface area contributed by atoms with Crippen LogP contribution in [0.1, 0.15) is 0 Å². The third kappa shape index (κ3) is 2.66. The van der Waals surface area contributed by atoms with Gasteiger partial charge in [-0.15, -0.1) is 4.98 Å². The maximum Gasteiger partial charge on any atom is 0.360 e. The minimum atomic E-state index is -0.531. The Bertz CT molecular complexity index is 856. The van der Waals surface area contributed by atoms with Crippen LogP contribution in [0.15, 0.2) is 39.5 Å². The molecule has 0 radical (unpaired) electrons. The monoisotopic (exact) mass is 300 g/mol. The number of aromatic nitrogens is 3. The van der Waals surface area contributed by atoms with Crippen LogP contribution in [0.5, 0.6) is 12.0 Å². The molecule has 0 spiro atoms. The normalized spacial score (nSPS) is 10.5. The van der Waals surface area contributed by atoms with Gasteiger partial charge in [0, 0.05) is 5.39 Å². The number of benzene rings is 1. The topological polar surface area (TPSA) is 99.4 Å². The molecule has 3 rings (SSSR count). The Balaban J connectivity index is 2.02. The maximum atomic E-state index is 12.0. The van der Waals surface area contributed by atoms with Gasteiger partial charge in [0.2, 0.25) is 5.95 Å². The predicted octanol–water partition coefficient (Wildman–Crippen LogP) is 1.74. The smallest absolute Gasteiger partial charge is 0.360 e. The third-order valence-electron chi connectivity index (χ3n) is 2.85. The summed E-state index contributed by atoms with van der Waals surface area (Å²) in [6.45, 7) is 0. The number of hydrogen-bond donors (Lipinski definition) is 1. The second kappa shape index (κ2) is 5.68. The molecule has 0 aliphatic carbocycles. The second-order valence-corrected chi connectivity index (χ2v) is 4.24. The first-order valence-electron chi connectivity index (χ1n) is 6.33. The third-order valence-corrected chi connectivity index (χ3v) is 2.85. The number of nitrogens with one attached hydrogen (secondary N) is 1. The molecule has 1 aromatic carbocycles. The van der Waals surface area contributed by atoms with Crippen LogP contribution in [-0.2, 0) is 0 Å². The van der Waals surface area contributed by atoms with E-state index in [2.05, 4.69) is 20.3 Å². The summed E-state index contributed by atoms with van der Waals surface area (Å²) in [5.41, 5.74) is 0.176. The minimum absolute atomic E-state index is 0.0690. The first-order valence-corrected chi connectivity index (χ1v) is 6.33. The molecular weight excluding hydrogens is 288 g/mol. The molecule has 0 amide bonds. The van der Waals surface area contributed by atoms with Gasteiger partial charge in [-0.3, -0.25) is 0 Å². The average molecular weight is 300 g/mol. The fourth-order valence-corrected chi connectivity index (χ4v) is 1.85. The highest BCUT2D eigenvalue weighted by atomic mass is 16.5. The van der Waals surface area contributed by atoms with Crippen LogP contribution in [0.25, 0.3) is 11.0 Å². The molecule has 1 N–H and O–H groups in total. The summed E-state index contributed by atoms with van der Waals surface area (Å²) in [6, 6.07) is 8.98. The van der Waals surface area contributed by atoms with Gasteiger partial charge in [-0.1, -0.05) is 18.2 Å². The molecule has 0 unspecified atom stereocenters. The number of para-hydroxylation sites is 1. The highest BCUT2D eigenvalue weighted by Crippen LogP contribution is 2.19. The lowest BCUT2D eigenvalue weighted by molar-refractivity contribution is 0.341. The molecule has 8 nitrogen and oxygen atoms in total. The number of nitrogens with zero attached hydrogens (tertiary/aromatic N) is 3. The first-order chi connectivity index (χ1) is 10.7. The fourth-order valence-electron chi connectivity index (χ4n) is 1.85. The van der Waals surface area contributed by atoms with Crippen molar-refractivity contribution in [3.8, 4) is 12.0 Å². The van der Waals surface area contributed by atoms with Crippen LogP contribution in [0.2, 0.25) is 0 Å². The van der Waals surface area contributed by atoms with Gasteiger partial charge in [-0.05, 0) is 12.1 Å². The Hall–Kier alpha value is -3.16. The number of anilines is 2. The molecular formula is C14H12N4O4. The summed E-state index contributed by atoms with van der Waals surface area (Å²) in [5, 5.41) is 3.56. The number of ether oxygens (including phenoxy) is 2. The lowest BCUT2D eigenvalue weighted by atomic mass is 10.2. The Kier molecular flexibility index (Phi) is 3.57. The Morgan fingerprint density at radius 3 is 2.41 bits per heavy atom. The van der Waals surface area contributed by atoms with Crippen molar-refractivity contribution in [1.82, 2.24) is 15.0 Å². The highest BCUT2D eigenvalue weighted by molar-refractivity contribution is 5.80. The van der Waals surface area contributed by atoms with E-state index in [1.807, 2.05) is 12.1 Å². The van der Waals surface area contributed by atoms with Crippen LogP contribution in [0, 0.1) is 0 Å². The van der Waals surface area contributed by atoms with Gasteiger partial charge >= 0.3 is 17.6 Å².